The number of hydrogen-bond acceptors (Lipinski definition) is 4. The monoisotopic (exact) mass is 439 g/mol. The van der Waals surface area contributed by atoms with Crippen LogP contribution in [0, 0.1) is 22.7 Å². The Labute approximate surface area is 198 Å². The Hall–Kier alpha value is -4.41. The smallest absolute Gasteiger partial charge is 0.118 e. The largest absolute Gasteiger partial charge is 0.497 e. The fourth-order valence-electron chi connectivity index (χ4n) is 5.43. The van der Waals surface area contributed by atoms with Gasteiger partial charge >= 0.3 is 0 Å². The molecule has 162 valence electrons. The van der Waals surface area contributed by atoms with Crippen LogP contribution in [-0.4, -0.2) is 12.1 Å². The Morgan fingerprint density at radius 1 is 0.735 bits per heavy atom. The lowest BCUT2D eigenvalue weighted by atomic mass is 9.76. The van der Waals surface area contributed by atoms with Gasteiger partial charge in [0.05, 0.1) is 36.1 Å². The van der Waals surface area contributed by atoms with E-state index in [-0.39, 0.29) is 0 Å². The average Bonchev–Trinajstić information content (AvgIpc) is 2.91. The van der Waals surface area contributed by atoms with Crippen LogP contribution in [-0.2, 0) is 25.7 Å². The molecule has 2 aliphatic rings. The number of rotatable bonds is 2. The standard InChI is InChI=1S/C30H21N3O/c1-34-23-8-4-20(5-9-23)30-29-25-11-3-19(17-32)14-21(25)6-12-26(29)28-24-10-2-18(16-31)15-22(24)7-13-27(28)33-30/h2-5,8-11,14-15H,6-7,12-13H2,1H3. The first-order valence-corrected chi connectivity index (χ1v) is 11.5. The quantitative estimate of drug-likeness (QED) is 0.382. The van der Waals surface area contributed by atoms with E-state index >= 15 is 0 Å². The van der Waals surface area contributed by atoms with Gasteiger partial charge in [-0.05, 0) is 102 Å². The molecule has 0 spiro atoms. The molecule has 0 bridgehead atoms. The first kappa shape index (κ1) is 20.2. The molecule has 6 rings (SSSR count). The van der Waals surface area contributed by atoms with Crippen molar-refractivity contribution in [2.75, 3.05) is 7.11 Å². The lowest BCUT2D eigenvalue weighted by Crippen LogP contribution is -2.15. The van der Waals surface area contributed by atoms with Crippen molar-refractivity contribution in [2.24, 2.45) is 0 Å². The number of methoxy groups -OCH3 is 1. The van der Waals surface area contributed by atoms with Crippen molar-refractivity contribution in [3.63, 3.8) is 0 Å². The second-order valence-electron chi connectivity index (χ2n) is 8.83. The predicted octanol–water partition coefficient (Wildman–Crippen LogP) is 6.03. The third-order valence-corrected chi connectivity index (χ3v) is 7.02. The highest BCUT2D eigenvalue weighted by atomic mass is 16.5. The summed E-state index contributed by atoms with van der Waals surface area (Å²) in [4.78, 5) is 5.26. The number of nitrogens with zero attached hydrogens (tertiary/aromatic N) is 3. The van der Waals surface area contributed by atoms with E-state index in [1.807, 2.05) is 36.4 Å². The molecule has 0 N–H and O–H groups in total. The predicted molar refractivity (Wildman–Crippen MR) is 131 cm³/mol. The second kappa shape index (κ2) is 7.87. The Morgan fingerprint density at radius 2 is 1.35 bits per heavy atom. The fraction of sp³-hybridized carbons (Fsp3) is 0.167. The molecular formula is C30H21N3O. The molecule has 0 unspecified atom stereocenters. The van der Waals surface area contributed by atoms with Crippen LogP contribution in [0.25, 0.3) is 33.5 Å². The number of fused-ring (bicyclic) bond motifs is 7. The van der Waals surface area contributed by atoms with E-state index in [2.05, 4.69) is 36.4 Å². The molecule has 1 aromatic heterocycles. The van der Waals surface area contributed by atoms with Crippen molar-refractivity contribution in [3.8, 4) is 51.4 Å². The number of hydrogen-bond donors (Lipinski definition) is 0. The summed E-state index contributed by atoms with van der Waals surface area (Å²) < 4.78 is 5.37. The van der Waals surface area contributed by atoms with Crippen LogP contribution in [0.2, 0.25) is 0 Å². The molecule has 4 aromatic rings. The van der Waals surface area contributed by atoms with Crippen molar-refractivity contribution >= 4 is 0 Å². The van der Waals surface area contributed by atoms with E-state index in [0.717, 1.165) is 59.5 Å². The Kier molecular flexibility index (Phi) is 4.68. The minimum Gasteiger partial charge on any atom is -0.497 e. The SMILES string of the molecule is COc1ccc(-c2nc3c(c4c2-c2ccc(C#N)cc2CC4)-c2ccc(C#N)cc2CC3)cc1. The molecule has 0 radical (unpaired) electrons. The van der Waals surface area contributed by atoms with Crippen molar-refractivity contribution in [1.29, 1.82) is 10.5 Å². The van der Waals surface area contributed by atoms with Crippen molar-refractivity contribution in [2.45, 2.75) is 25.7 Å². The zero-order valence-corrected chi connectivity index (χ0v) is 18.9. The molecule has 0 fully saturated rings. The van der Waals surface area contributed by atoms with Gasteiger partial charge in [-0.25, -0.2) is 0 Å². The average molecular weight is 440 g/mol. The molecular weight excluding hydrogens is 418 g/mol. The minimum absolute atomic E-state index is 0.688. The van der Waals surface area contributed by atoms with Gasteiger partial charge in [0.2, 0.25) is 0 Å². The molecule has 0 atom stereocenters. The van der Waals surface area contributed by atoms with Gasteiger partial charge in [-0.3, -0.25) is 4.98 Å². The molecule has 2 aliphatic carbocycles. The van der Waals surface area contributed by atoms with Gasteiger partial charge in [-0.15, -0.1) is 0 Å². The first-order valence-electron chi connectivity index (χ1n) is 11.5. The molecule has 0 saturated carbocycles. The maximum atomic E-state index is 9.43. The van der Waals surface area contributed by atoms with Crippen LogP contribution in [0.15, 0.2) is 60.7 Å². The summed E-state index contributed by atoms with van der Waals surface area (Å²) in [5, 5.41) is 18.8. The number of benzene rings is 3. The molecule has 34 heavy (non-hydrogen) atoms. The maximum Gasteiger partial charge on any atom is 0.118 e. The van der Waals surface area contributed by atoms with Crippen molar-refractivity contribution < 1.29 is 4.74 Å². The summed E-state index contributed by atoms with van der Waals surface area (Å²) in [5.74, 6) is 0.817. The van der Waals surface area contributed by atoms with Gasteiger partial charge in [0, 0.05) is 22.4 Å². The number of ether oxygens (including phenoxy) is 1. The minimum atomic E-state index is 0.688. The highest BCUT2D eigenvalue weighted by Crippen LogP contribution is 2.47. The summed E-state index contributed by atoms with van der Waals surface area (Å²) in [6.07, 6.45) is 3.52. The molecule has 0 amide bonds. The molecule has 0 saturated heterocycles. The summed E-state index contributed by atoms with van der Waals surface area (Å²) >= 11 is 0. The van der Waals surface area contributed by atoms with Crippen LogP contribution >= 0.6 is 0 Å². The maximum absolute atomic E-state index is 9.43. The van der Waals surface area contributed by atoms with E-state index in [0.29, 0.717) is 11.1 Å². The highest BCUT2D eigenvalue weighted by molar-refractivity contribution is 5.92. The van der Waals surface area contributed by atoms with Gasteiger partial charge in [0.15, 0.2) is 0 Å². The topological polar surface area (TPSA) is 69.7 Å². The fourth-order valence-corrected chi connectivity index (χ4v) is 5.43. The summed E-state index contributed by atoms with van der Waals surface area (Å²) in [6.45, 7) is 0. The van der Waals surface area contributed by atoms with Crippen LogP contribution in [0.4, 0.5) is 0 Å². The van der Waals surface area contributed by atoms with E-state index in [9.17, 15) is 10.5 Å². The zero-order chi connectivity index (χ0) is 23.2. The number of aryl methyl sites for hydroxylation is 3. The number of pyridine rings is 1. The van der Waals surface area contributed by atoms with Gasteiger partial charge in [-0.2, -0.15) is 10.5 Å². The Morgan fingerprint density at radius 3 is 1.97 bits per heavy atom. The van der Waals surface area contributed by atoms with E-state index in [1.54, 1.807) is 7.11 Å². The highest BCUT2D eigenvalue weighted by Gasteiger charge is 2.29. The Bertz CT molecular complexity index is 1550. The summed E-state index contributed by atoms with van der Waals surface area (Å²) in [7, 11) is 1.67. The lowest BCUT2D eigenvalue weighted by molar-refractivity contribution is 0.415. The van der Waals surface area contributed by atoms with E-state index < -0.39 is 0 Å². The third kappa shape index (κ3) is 3.08. The molecule has 1 heterocycles. The second-order valence-corrected chi connectivity index (χ2v) is 8.83. The number of aromatic nitrogens is 1. The van der Waals surface area contributed by atoms with Crippen LogP contribution < -0.4 is 4.74 Å². The molecule has 4 nitrogen and oxygen atoms in total. The van der Waals surface area contributed by atoms with E-state index in [1.165, 1.54) is 27.8 Å². The van der Waals surface area contributed by atoms with Crippen LogP contribution in [0.1, 0.15) is 33.5 Å². The van der Waals surface area contributed by atoms with Gasteiger partial charge in [0.1, 0.15) is 5.75 Å². The number of nitriles is 2. The lowest BCUT2D eigenvalue weighted by Gasteiger charge is -2.30. The normalized spacial score (nSPS) is 12.9. The Balaban J connectivity index is 1.65. The van der Waals surface area contributed by atoms with Gasteiger partial charge < -0.3 is 4.74 Å². The van der Waals surface area contributed by atoms with E-state index in [4.69, 9.17) is 9.72 Å². The van der Waals surface area contributed by atoms with Crippen LogP contribution in [0.3, 0.4) is 0 Å². The summed E-state index contributed by atoms with van der Waals surface area (Å²) in [6, 6.07) is 24.7. The summed E-state index contributed by atoms with van der Waals surface area (Å²) in [5.41, 5.74) is 13.0. The molecule has 0 aliphatic heterocycles. The third-order valence-electron chi connectivity index (χ3n) is 7.02. The molecule has 3 aromatic carbocycles. The first-order chi connectivity index (χ1) is 16.7. The van der Waals surface area contributed by atoms with Crippen molar-refractivity contribution in [1.82, 2.24) is 4.98 Å². The zero-order valence-electron chi connectivity index (χ0n) is 18.9. The van der Waals surface area contributed by atoms with Gasteiger partial charge in [-0.1, -0.05) is 12.1 Å². The molecule has 4 heteroatoms. The van der Waals surface area contributed by atoms with Crippen molar-refractivity contribution in [3.05, 3.63) is 94.2 Å². The van der Waals surface area contributed by atoms with Gasteiger partial charge in [0.25, 0.3) is 0 Å². The van der Waals surface area contributed by atoms with Crippen LogP contribution in [0.5, 0.6) is 5.75 Å².